The minimum absolute atomic E-state index is 0.0801. The van der Waals surface area contributed by atoms with Crippen LogP contribution in [0.4, 0.5) is 11.4 Å². The summed E-state index contributed by atoms with van der Waals surface area (Å²) in [4.78, 5) is 35.9. The summed E-state index contributed by atoms with van der Waals surface area (Å²) in [6.45, 7) is 6.48. The van der Waals surface area contributed by atoms with Crippen molar-refractivity contribution in [1.29, 1.82) is 0 Å². The summed E-state index contributed by atoms with van der Waals surface area (Å²) in [6.07, 6.45) is 0.863. The lowest BCUT2D eigenvalue weighted by atomic mass is 10.1. The van der Waals surface area contributed by atoms with Gasteiger partial charge in [-0.25, -0.2) is 0 Å². The summed E-state index contributed by atoms with van der Waals surface area (Å²) in [5, 5.41) is 11.4. The molecule has 0 aliphatic carbocycles. The Morgan fingerprint density at radius 2 is 1.38 bits per heavy atom. The molecule has 154 valence electrons. The fourth-order valence-corrected chi connectivity index (χ4v) is 2.50. The SMILES string of the molecule is CCNC(=O)c1ccc(NCC(=O)Nc2ccc(C(=O)NC(C)CC)cc2)cc1. The van der Waals surface area contributed by atoms with Gasteiger partial charge in [0, 0.05) is 35.1 Å². The van der Waals surface area contributed by atoms with Crippen molar-refractivity contribution in [2.45, 2.75) is 33.2 Å². The second-order valence-electron chi connectivity index (χ2n) is 6.70. The number of carbonyl (C=O) groups is 3. The molecule has 0 aromatic heterocycles. The Bertz CT molecular complexity index is 832. The Kier molecular flexibility index (Phi) is 8.21. The Morgan fingerprint density at radius 3 is 1.93 bits per heavy atom. The van der Waals surface area contributed by atoms with Crippen molar-refractivity contribution in [3.05, 3.63) is 59.7 Å². The number of hydrogen-bond donors (Lipinski definition) is 4. The Morgan fingerprint density at radius 1 is 0.828 bits per heavy atom. The Labute approximate surface area is 171 Å². The minimum atomic E-state index is -0.213. The third kappa shape index (κ3) is 6.95. The van der Waals surface area contributed by atoms with Crippen molar-refractivity contribution in [1.82, 2.24) is 10.6 Å². The van der Waals surface area contributed by atoms with E-state index in [1.54, 1.807) is 48.5 Å². The summed E-state index contributed by atoms with van der Waals surface area (Å²) in [7, 11) is 0. The van der Waals surface area contributed by atoms with E-state index in [0.29, 0.717) is 23.4 Å². The maximum absolute atomic E-state index is 12.1. The second-order valence-corrected chi connectivity index (χ2v) is 6.70. The molecular weight excluding hydrogens is 368 g/mol. The molecule has 0 saturated carbocycles. The molecule has 7 heteroatoms. The summed E-state index contributed by atoms with van der Waals surface area (Å²) < 4.78 is 0. The summed E-state index contributed by atoms with van der Waals surface area (Å²) in [5.41, 5.74) is 2.47. The van der Waals surface area contributed by atoms with Gasteiger partial charge in [0.15, 0.2) is 0 Å². The molecule has 0 fully saturated rings. The van der Waals surface area contributed by atoms with Crippen LogP contribution < -0.4 is 21.3 Å². The molecule has 2 aromatic carbocycles. The molecule has 0 aliphatic rings. The van der Waals surface area contributed by atoms with Crippen molar-refractivity contribution in [2.75, 3.05) is 23.7 Å². The van der Waals surface area contributed by atoms with E-state index in [9.17, 15) is 14.4 Å². The number of benzene rings is 2. The van der Waals surface area contributed by atoms with Gasteiger partial charge in [-0.15, -0.1) is 0 Å². The van der Waals surface area contributed by atoms with Crippen molar-refractivity contribution < 1.29 is 14.4 Å². The summed E-state index contributed by atoms with van der Waals surface area (Å²) in [5.74, 6) is -0.470. The highest BCUT2D eigenvalue weighted by atomic mass is 16.2. The predicted octanol–water partition coefficient (Wildman–Crippen LogP) is 3.02. The summed E-state index contributed by atoms with van der Waals surface area (Å²) >= 11 is 0. The first-order chi connectivity index (χ1) is 13.9. The van der Waals surface area contributed by atoms with Crippen LogP contribution in [0, 0.1) is 0 Å². The fourth-order valence-electron chi connectivity index (χ4n) is 2.50. The molecule has 0 saturated heterocycles. The molecule has 4 N–H and O–H groups in total. The van der Waals surface area contributed by atoms with Crippen LogP contribution in [-0.2, 0) is 4.79 Å². The van der Waals surface area contributed by atoms with Gasteiger partial charge in [0.1, 0.15) is 0 Å². The molecule has 3 amide bonds. The molecule has 0 spiro atoms. The highest BCUT2D eigenvalue weighted by Crippen LogP contribution is 2.11. The zero-order valence-corrected chi connectivity index (χ0v) is 17.0. The van der Waals surface area contributed by atoms with Crippen molar-refractivity contribution in [3.63, 3.8) is 0 Å². The van der Waals surface area contributed by atoms with E-state index in [4.69, 9.17) is 0 Å². The summed E-state index contributed by atoms with van der Waals surface area (Å²) in [6, 6.07) is 13.8. The smallest absolute Gasteiger partial charge is 0.251 e. The van der Waals surface area contributed by atoms with E-state index >= 15 is 0 Å². The van der Waals surface area contributed by atoms with Gasteiger partial charge in [-0.2, -0.15) is 0 Å². The largest absolute Gasteiger partial charge is 0.376 e. The molecule has 0 radical (unpaired) electrons. The Balaban J connectivity index is 1.83. The average molecular weight is 396 g/mol. The lowest BCUT2D eigenvalue weighted by Gasteiger charge is -2.12. The van der Waals surface area contributed by atoms with Crippen molar-refractivity contribution in [2.24, 2.45) is 0 Å². The number of hydrogen-bond acceptors (Lipinski definition) is 4. The van der Waals surface area contributed by atoms with Gasteiger partial charge in [-0.3, -0.25) is 14.4 Å². The molecule has 29 heavy (non-hydrogen) atoms. The van der Waals surface area contributed by atoms with Gasteiger partial charge >= 0.3 is 0 Å². The predicted molar refractivity (Wildman–Crippen MR) is 115 cm³/mol. The van der Waals surface area contributed by atoms with Gasteiger partial charge in [-0.1, -0.05) is 6.92 Å². The van der Waals surface area contributed by atoms with Crippen LogP contribution >= 0.6 is 0 Å². The monoisotopic (exact) mass is 396 g/mol. The fraction of sp³-hybridized carbons (Fsp3) is 0.318. The van der Waals surface area contributed by atoms with Crippen LogP contribution in [0.15, 0.2) is 48.5 Å². The first-order valence-electron chi connectivity index (χ1n) is 9.75. The third-order valence-electron chi connectivity index (χ3n) is 4.36. The van der Waals surface area contributed by atoms with E-state index in [-0.39, 0.29) is 30.3 Å². The molecule has 0 aliphatic heterocycles. The molecule has 0 heterocycles. The maximum Gasteiger partial charge on any atom is 0.251 e. The zero-order chi connectivity index (χ0) is 21.2. The molecule has 2 rings (SSSR count). The van der Waals surface area contributed by atoms with Crippen LogP contribution in [0.3, 0.4) is 0 Å². The molecule has 1 atom stereocenters. The lowest BCUT2D eigenvalue weighted by molar-refractivity contribution is -0.114. The number of nitrogens with one attached hydrogen (secondary N) is 4. The number of carbonyl (C=O) groups excluding carboxylic acids is 3. The van der Waals surface area contributed by atoms with E-state index in [2.05, 4.69) is 21.3 Å². The molecule has 0 bridgehead atoms. The van der Waals surface area contributed by atoms with Gasteiger partial charge in [0.2, 0.25) is 5.91 Å². The van der Waals surface area contributed by atoms with E-state index in [1.165, 1.54) is 0 Å². The average Bonchev–Trinajstić information content (AvgIpc) is 2.73. The maximum atomic E-state index is 12.1. The number of amides is 3. The first kappa shape index (κ1) is 21.9. The van der Waals surface area contributed by atoms with E-state index in [0.717, 1.165) is 12.1 Å². The first-order valence-corrected chi connectivity index (χ1v) is 9.75. The zero-order valence-electron chi connectivity index (χ0n) is 17.0. The van der Waals surface area contributed by atoms with Gasteiger partial charge in [0.05, 0.1) is 6.54 Å². The number of anilines is 2. The molecule has 2 aromatic rings. The lowest BCUT2D eigenvalue weighted by Crippen LogP contribution is -2.31. The minimum Gasteiger partial charge on any atom is -0.376 e. The van der Waals surface area contributed by atoms with Crippen LogP contribution in [-0.4, -0.2) is 36.9 Å². The van der Waals surface area contributed by atoms with Crippen LogP contribution in [0.5, 0.6) is 0 Å². The van der Waals surface area contributed by atoms with Crippen LogP contribution in [0.1, 0.15) is 47.9 Å². The van der Waals surface area contributed by atoms with Crippen molar-refractivity contribution in [3.8, 4) is 0 Å². The van der Waals surface area contributed by atoms with Gasteiger partial charge in [-0.05, 0) is 68.8 Å². The highest BCUT2D eigenvalue weighted by Gasteiger charge is 2.09. The van der Waals surface area contributed by atoms with Crippen LogP contribution in [0.25, 0.3) is 0 Å². The topological polar surface area (TPSA) is 99.3 Å². The van der Waals surface area contributed by atoms with Crippen LogP contribution in [0.2, 0.25) is 0 Å². The van der Waals surface area contributed by atoms with Crippen molar-refractivity contribution >= 4 is 29.1 Å². The van der Waals surface area contributed by atoms with E-state index in [1.807, 2.05) is 20.8 Å². The normalized spacial score (nSPS) is 11.3. The second kappa shape index (κ2) is 10.8. The van der Waals surface area contributed by atoms with E-state index < -0.39 is 0 Å². The molecular formula is C22H28N4O3. The highest BCUT2D eigenvalue weighted by molar-refractivity contribution is 5.97. The molecule has 1 unspecified atom stereocenters. The third-order valence-corrected chi connectivity index (χ3v) is 4.36. The van der Waals surface area contributed by atoms with Gasteiger partial charge < -0.3 is 21.3 Å². The Hall–Kier alpha value is -3.35. The molecule has 7 nitrogen and oxygen atoms in total. The quantitative estimate of drug-likeness (QED) is 0.524. The number of rotatable bonds is 9. The standard InChI is InChI=1S/C22H28N4O3/c1-4-15(3)25-22(29)17-8-12-19(13-9-17)26-20(27)14-24-18-10-6-16(7-11-18)21(28)23-5-2/h6-13,15,24H,4-5,14H2,1-3H3,(H,23,28)(H,25,29)(H,26,27). The van der Waals surface area contributed by atoms with Gasteiger partial charge in [0.25, 0.3) is 11.8 Å².